The summed E-state index contributed by atoms with van der Waals surface area (Å²) >= 11 is 5.24. The third kappa shape index (κ3) is 3.54. The number of phenolic OH excluding ortho intramolecular Hbond substituents is 1. The highest BCUT2D eigenvalue weighted by atomic mass is 79.9. The van der Waals surface area contributed by atoms with Gasteiger partial charge in [0.05, 0.1) is 5.71 Å². The molecule has 3 nitrogen and oxygen atoms in total. The second-order valence-corrected chi connectivity index (χ2v) is 7.86. The van der Waals surface area contributed by atoms with Crippen LogP contribution in [0.5, 0.6) is 5.75 Å². The first-order valence-electron chi connectivity index (χ1n) is 8.10. The quantitative estimate of drug-likeness (QED) is 0.601. The minimum atomic E-state index is -0.145. The molecule has 4 rings (SSSR count). The van der Waals surface area contributed by atoms with Crippen LogP contribution < -0.4 is 5.32 Å². The summed E-state index contributed by atoms with van der Waals surface area (Å²) in [6.45, 7) is 0. The van der Waals surface area contributed by atoms with E-state index in [-0.39, 0.29) is 12.2 Å². The highest BCUT2D eigenvalue weighted by Gasteiger charge is 2.27. The molecule has 25 heavy (non-hydrogen) atoms. The van der Waals surface area contributed by atoms with E-state index in [2.05, 4.69) is 44.8 Å². The van der Waals surface area contributed by atoms with Crippen molar-refractivity contribution in [1.29, 1.82) is 0 Å². The number of nitrogens with one attached hydrogen (secondary N) is 1. The molecule has 2 aromatic carbocycles. The van der Waals surface area contributed by atoms with Crippen LogP contribution in [0.3, 0.4) is 0 Å². The van der Waals surface area contributed by atoms with Gasteiger partial charge in [0.25, 0.3) is 0 Å². The molecular weight excluding hydrogens is 396 g/mol. The molecule has 0 bridgehead atoms. The van der Waals surface area contributed by atoms with Crippen LogP contribution in [0.1, 0.15) is 34.6 Å². The van der Waals surface area contributed by atoms with Crippen molar-refractivity contribution in [2.75, 3.05) is 0 Å². The summed E-state index contributed by atoms with van der Waals surface area (Å²) in [6, 6.07) is 19.9. The van der Waals surface area contributed by atoms with E-state index in [4.69, 9.17) is 4.99 Å². The average molecular weight is 413 g/mol. The number of aliphatic imine (C=N–C) groups is 1. The lowest BCUT2D eigenvalue weighted by molar-refractivity contribution is 0.413. The number of hydrogen-bond donors (Lipinski definition) is 2. The highest BCUT2D eigenvalue weighted by molar-refractivity contribution is 9.10. The van der Waals surface area contributed by atoms with Crippen molar-refractivity contribution >= 4 is 33.0 Å². The smallest absolute Gasteiger partial charge is 0.126 e. The molecule has 0 unspecified atom stereocenters. The summed E-state index contributed by atoms with van der Waals surface area (Å²) in [4.78, 5) is 6.14. The van der Waals surface area contributed by atoms with Gasteiger partial charge < -0.3 is 5.11 Å². The molecule has 1 aliphatic rings. The Balaban J connectivity index is 1.75. The van der Waals surface area contributed by atoms with Crippen molar-refractivity contribution in [3.63, 3.8) is 0 Å². The van der Waals surface area contributed by atoms with Gasteiger partial charge in [0, 0.05) is 27.4 Å². The van der Waals surface area contributed by atoms with Gasteiger partial charge in [-0.2, -0.15) is 0 Å². The molecule has 0 saturated heterocycles. The lowest BCUT2D eigenvalue weighted by Crippen LogP contribution is -2.32. The molecular formula is C20H17BrN2OS. The first-order chi connectivity index (χ1) is 12.2. The lowest BCUT2D eigenvalue weighted by atomic mass is 9.96. The molecule has 5 heteroatoms. The maximum Gasteiger partial charge on any atom is 0.126 e. The third-order valence-electron chi connectivity index (χ3n) is 4.32. The molecule has 1 aliphatic heterocycles. The predicted octanol–water partition coefficient (Wildman–Crippen LogP) is 5.44. The van der Waals surface area contributed by atoms with Crippen LogP contribution in [0.2, 0.25) is 0 Å². The largest absolute Gasteiger partial charge is 0.508 e. The summed E-state index contributed by atoms with van der Waals surface area (Å²) in [6.07, 6.45) is 0.607. The summed E-state index contributed by atoms with van der Waals surface area (Å²) in [7, 11) is 0. The van der Waals surface area contributed by atoms with E-state index in [1.807, 2.05) is 36.4 Å². The summed E-state index contributed by atoms with van der Waals surface area (Å²) in [5.74, 6) is 0.320. The van der Waals surface area contributed by atoms with E-state index < -0.39 is 0 Å². The monoisotopic (exact) mass is 412 g/mol. The van der Waals surface area contributed by atoms with Gasteiger partial charge in [0.2, 0.25) is 0 Å². The standard InChI is InChI=1S/C20H17BrN2OS/c21-14-6-3-5-13(11-14)20-22-16(15-7-1-2-8-18(15)24)12-17(23-20)19-9-4-10-25-19/h1-11,16,20,22,24H,12H2/t16-,20-/m1/s1. The van der Waals surface area contributed by atoms with Crippen LogP contribution in [-0.2, 0) is 0 Å². The number of benzene rings is 2. The maximum absolute atomic E-state index is 10.3. The number of nitrogens with zero attached hydrogens (tertiary/aromatic N) is 1. The fraction of sp³-hybridized carbons (Fsp3) is 0.150. The molecule has 0 aliphatic carbocycles. The van der Waals surface area contributed by atoms with Gasteiger partial charge in [0.15, 0.2) is 0 Å². The molecule has 0 fully saturated rings. The molecule has 0 radical (unpaired) electrons. The number of hydrogen-bond acceptors (Lipinski definition) is 4. The van der Waals surface area contributed by atoms with E-state index in [0.717, 1.165) is 27.7 Å². The first kappa shape index (κ1) is 16.5. The molecule has 3 aromatic rings. The van der Waals surface area contributed by atoms with E-state index in [1.165, 1.54) is 4.88 Å². The second-order valence-electron chi connectivity index (χ2n) is 5.99. The van der Waals surface area contributed by atoms with Gasteiger partial charge in [-0.05, 0) is 35.2 Å². The van der Waals surface area contributed by atoms with E-state index in [9.17, 15) is 5.11 Å². The number of rotatable bonds is 3. The number of thiophene rings is 1. The molecule has 2 heterocycles. The van der Waals surface area contributed by atoms with Crippen molar-refractivity contribution in [2.45, 2.75) is 18.6 Å². The number of aromatic hydroxyl groups is 1. The first-order valence-corrected chi connectivity index (χ1v) is 9.78. The van der Waals surface area contributed by atoms with Crippen LogP contribution in [0.4, 0.5) is 0 Å². The Morgan fingerprint density at radius 3 is 2.72 bits per heavy atom. The minimum Gasteiger partial charge on any atom is -0.508 e. The Kier molecular flexibility index (Phi) is 4.70. The Morgan fingerprint density at radius 2 is 1.96 bits per heavy atom. The average Bonchev–Trinajstić information content (AvgIpc) is 3.16. The zero-order valence-corrected chi connectivity index (χ0v) is 15.8. The Labute approximate surface area is 159 Å². The molecule has 1 aromatic heterocycles. The van der Waals surface area contributed by atoms with Crippen molar-refractivity contribution in [3.05, 3.63) is 86.5 Å². The zero-order valence-electron chi connectivity index (χ0n) is 13.4. The lowest BCUT2D eigenvalue weighted by Gasteiger charge is -2.30. The van der Waals surface area contributed by atoms with Gasteiger partial charge in [-0.15, -0.1) is 11.3 Å². The van der Waals surface area contributed by atoms with Crippen molar-refractivity contribution in [1.82, 2.24) is 5.32 Å². The van der Waals surface area contributed by atoms with Crippen LogP contribution in [-0.4, -0.2) is 10.8 Å². The van der Waals surface area contributed by atoms with E-state index in [0.29, 0.717) is 5.75 Å². The van der Waals surface area contributed by atoms with Gasteiger partial charge >= 0.3 is 0 Å². The summed E-state index contributed by atoms with van der Waals surface area (Å²) < 4.78 is 1.03. The fourth-order valence-corrected chi connectivity index (χ4v) is 4.27. The molecule has 126 valence electrons. The summed E-state index contributed by atoms with van der Waals surface area (Å²) in [5.41, 5.74) is 3.09. The van der Waals surface area contributed by atoms with Crippen LogP contribution in [0.25, 0.3) is 0 Å². The van der Waals surface area contributed by atoms with Crippen LogP contribution >= 0.6 is 27.3 Å². The highest BCUT2D eigenvalue weighted by Crippen LogP contribution is 2.35. The van der Waals surface area contributed by atoms with Gasteiger partial charge in [-0.1, -0.05) is 52.3 Å². The second kappa shape index (κ2) is 7.12. The Hall–Kier alpha value is -1.95. The van der Waals surface area contributed by atoms with Crippen molar-refractivity contribution < 1.29 is 5.11 Å². The van der Waals surface area contributed by atoms with Crippen molar-refractivity contribution in [3.8, 4) is 5.75 Å². The normalized spacial score (nSPS) is 20.3. The predicted molar refractivity (Wildman–Crippen MR) is 106 cm³/mol. The van der Waals surface area contributed by atoms with Gasteiger partial charge in [-0.25, -0.2) is 0 Å². The Bertz CT molecular complexity index is 908. The third-order valence-corrected chi connectivity index (χ3v) is 5.74. The van der Waals surface area contributed by atoms with Gasteiger partial charge in [0.1, 0.15) is 11.9 Å². The number of para-hydroxylation sites is 1. The SMILES string of the molecule is Oc1ccccc1[C@H]1CC(c2cccs2)=N[C@H](c2cccc(Br)c2)N1. The molecule has 0 saturated carbocycles. The topological polar surface area (TPSA) is 44.6 Å². The fourth-order valence-electron chi connectivity index (χ4n) is 3.12. The van der Waals surface area contributed by atoms with E-state index in [1.54, 1.807) is 17.4 Å². The molecule has 0 spiro atoms. The van der Waals surface area contributed by atoms with Crippen LogP contribution in [0.15, 0.2) is 75.5 Å². The molecule has 2 atom stereocenters. The number of phenols is 1. The van der Waals surface area contributed by atoms with Crippen molar-refractivity contribution in [2.24, 2.45) is 4.99 Å². The van der Waals surface area contributed by atoms with Gasteiger partial charge in [-0.3, -0.25) is 10.3 Å². The summed E-state index contributed by atoms with van der Waals surface area (Å²) in [5, 5.41) is 16.0. The zero-order chi connectivity index (χ0) is 17.2. The maximum atomic E-state index is 10.3. The van der Waals surface area contributed by atoms with Crippen LogP contribution in [0, 0.1) is 0 Å². The number of halogens is 1. The van der Waals surface area contributed by atoms with E-state index >= 15 is 0 Å². The molecule has 0 amide bonds. The Morgan fingerprint density at radius 1 is 1.08 bits per heavy atom. The molecule has 2 N–H and O–H groups in total. The minimum absolute atomic E-state index is 0.0137.